The van der Waals surface area contributed by atoms with Crippen LogP contribution in [-0.2, 0) is 16.4 Å². The lowest BCUT2D eigenvalue weighted by Gasteiger charge is -2.10. The van der Waals surface area contributed by atoms with Crippen molar-refractivity contribution in [1.29, 1.82) is 0 Å². The Hall–Kier alpha value is -2.40. The number of carbonyl (C=O) groups excluding carboxylic acids is 1. The predicted octanol–water partition coefficient (Wildman–Crippen LogP) is 4.10. The lowest BCUT2D eigenvalue weighted by molar-refractivity contribution is 0.0982. The number of nitrogens with zero attached hydrogens (tertiary/aromatic N) is 1. The molecular formula is C20H19NO3S. The largest absolute Gasteiger partial charge is 0.294 e. The van der Waals surface area contributed by atoms with Crippen molar-refractivity contribution in [2.45, 2.75) is 37.5 Å². The fraction of sp³-hybridized carbons (Fsp3) is 0.250. The minimum Gasteiger partial charge on any atom is -0.294 e. The molecule has 0 amide bonds. The summed E-state index contributed by atoms with van der Waals surface area (Å²) < 4.78 is 27.4. The fourth-order valence-corrected chi connectivity index (χ4v) is 4.89. The number of hydrogen-bond donors (Lipinski definition) is 0. The number of hydrogen-bond acceptors (Lipinski definition) is 3. The molecular weight excluding hydrogens is 334 g/mol. The van der Waals surface area contributed by atoms with E-state index in [1.165, 1.54) is 3.97 Å². The number of aryl methyl sites for hydroxylation is 2. The second-order valence-corrected chi connectivity index (χ2v) is 8.40. The van der Waals surface area contributed by atoms with Gasteiger partial charge in [0.15, 0.2) is 5.78 Å². The number of Topliss-reactive ketones (excluding diaryl/α,β-unsaturated/α-hetero) is 1. The van der Waals surface area contributed by atoms with Crippen molar-refractivity contribution >= 4 is 26.7 Å². The molecule has 0 N–H and O–H groups in total. The topological polar surface area (TPSA) is 56.1 Å². The molecule has 0 fully saturated rings. The number of ketones is 1. The molecule has 1 aliphatic rings. The highest BCUT2D eigenvalue weighted by molar-refractivity contribution is 7.90. The second kappa shape index (κ2) is 5.85. The van der Waals surface area contributed by atoms with Crippen molar-refractivity contribution in [2.75, 3.05) is 0 Å². The van der Waals surface area contributed by atoms with Crippen molar-refractivity contribution in [3.63, 3.8) is 0 Å². The minimum atomic E-state index is -3.66. The molecule has 4 nitrogen and oxygen atoms in total. The highest BCUT2D eigenvalue weighted by atomic mass is 32.2. The van der Waals surface area contributed by atoms with Crippen LogP contribution in [-0.4, -0.2) is 18.2 Å². The van der Waals surface area contributed by atoms with E-state index in [9.17, 15) is 13.2 Å². The molecule has 0 atom stereocenters. The van der Waals surface area contributed by atoms with Crippen LogP contribution in [0.3, 0.4) is 0 Å². The van der Waals surface area contributed by atoms with E-state index < -0.39 is 10.0 Å². The van der Waals surface area contributed by atoms with E-state index in [1.54, 1.807) is 42.6 Å². The van der Waals surface area contributed by atoms with Gasteiger partial charge in [0.25, 0.3) is 10.0 Å². The highest BCUT2D eigenvalue weighted by Gasteiger charge is 2.23. The van der Waals surface area contributed by atoms with E-state index in [0.29, 0.717) is 11.9 Å². The Kier molecular flexibility index (Phi) is 3.76. The van der Waals surface area contributed by atoms with Crippen LogP contribution >= 0.6 is 0 Å². The first-order valence-corrected chi connectivity index (χ1v) is 9.91. The normalized spacial score (nSPS) is 15.2. The molecule has 3 aromatic rings. The molecule has 1 aliphatic carbocycles. The first kappa shape index (κ1) is 16.1. The van der Waals surface area contributed by atoms with Crippen LogP contribution in [0.25, 0.3) is 10.9 Å². The average molecular weight is 353 g/mol. The van der Waals surface area contributed by atoms with Crippen LogP contribution in [0.1, 0.15) is 40.7 Å². The van der Waals surface area contributed by atoms with Gasteiger partial charge in [-0.3, -0.25) is 4.79 Å². The van der Waals surface area contributed by atoms with Crippen LogP contribution < -0.4 is 0 Å². The van der Waals surface area contributed by atoms with Gasteiger partial charge in [-0.05, 0) is 62.1 Å². The Morgan fingerprint density at radius 3 is 2.40 bits per heavy atom. The Morgan fingerprint density at radius 1 is 0.920 bits per heavy atom. The summed E-state index contributed by atoms with van der Waals surface area (Å²) >= 11 is 0. The molecule has 0 saturated carbocycles. The SMILES string of the molecule is Cc1ccc(S(=O)(=O)n2ccc3c4c(ccc32)C(=O)CCCC4)cc1. The van der Waals surface area contributed by atoms with Crippen molar-refractivity contribution in [1.82, 2.24) is 3.97 Å². The van der Waals surface area contributed by atoms with Gasteiger partial charge in [0.05, 0.1) is 10.4 Å². The van der Waals surface area contributed by atoms with Crippen LogP contribution in [0.15, 0.2) is 53.6 Å². The molecule has 0 unspecified atom stereocenters. The Bertz CT molecular complexity index is 1080. The van der Waals surface area contributed by atoms with Gasteiger partial charge in [-0.2, -0.15) is 0 Å². The lowest BCUT2D eigenvalue weighted by Crippen LogP contribution is -2.12. The quantitative estimate of drug-likeness (QED) is 0.652. The fourth-order valence-electron chi connectivity index (χ4n) is 3.54. The monoisotopic (exact) mass is 353 g/mol. The van der Waals surface area contributed by atoms with E-state index in [1.807, 2.05) is 13.0 Å². The van der Waals surface area contributed by atoms with Crippen molar-refractivity contribution in [3.8, 4) is 0 Å². The average Bonchev–Trinajstić information content (AvgIpc) is 2.95. The molecule has 2 aromatic carbocycles. The molecule has 128 valence electrons. The summed E-state index contributed by atoms with van der Waals surface area (Å²) in [5.74, 6) is 0.156. The van der Waals surface area contributed by atoms with Crippen molar-refractivity contribution in [3.05, 3.63) is 65.4 Å². The van der Waals surface area contributed by atoms with Gasteiger partial charge < -0.3 is 0 Å². The summed E-state index contributed by atoms with van der Waals surface area (Å²) in [7, 11) is -3.66. The summed E-state index contributed by atoms with van der Waals surface area (Å²) in [6, 6.07) is 12.2. The second-order valence-electron chi connectivity index (χ2n) is 6.58. The van der Waals surface area contributed by atoms with Gasteiger partial charge in [-0.25, -0.2) is 12.4 Å². The molecule has 5 heteroatoms. The molecule has 0 bridgehead atoms. The van der Waals surface area contributed by atoms with E-state index in [2.05, 4.69) is 0 Å². The molecule has 25 heavy (non-hydrogen) atoms. The number of carbonyl (C=O) groups is 1. The van der Waals surface area contributed by atoms with Crippen LogP contribution in [0.5, 0.6) is 0 Å². The van der Waals surface area contributed by atoms with Gasteiger partial charge in [-0.15, -0.1) is 0 Å². The van der Waals surface area contributed by atoms with Crippen molar-refractivity contribution < 1.29 is 13.2 Å². The van der Waals surface area contributed by atoms with Gasteiger partial charge in [0, 0.05) is 23.6 Å². The van der Waals surface area contributed by atoms with Crippen LogP contribution in [0, 0.1) is 6.92 Å². The van der Waals surface area contributed by atoms with Crippen molar-refractivity contribution in [2.24, 2.45) is 0 Å². The zero-order chi connectivity index (χ0) is 17.6. The van der Waals surface area contributed by atoms with Gasteiger partial charge in [-0.1, -0.05) is 17.7 Å². The maximum atomic E-state index is 13.0. The standard InChI is InChI=1S/C20H19NO3S/c1-14-6-8-15(9-7-14)25(23,24)21-13-12-17-16-4-2-3-5-20(22)18(16)10-11-19(17)21/h6-13H,2-5H2,1H3. The third-order valence-electron chi connectivity index (χ3n) is 4.91. The Morgan fingerprint density at radius 2 is 1.64 bits per heavy atom. The Labute approximate surface area is 147 Å². The number of aromatic nitrogens is 1. The van der Waals surface area contributed by atoms with Gasteiger partial charge in [0.1, 0.15) is 0 Å². The molecule has 0 radical (unpaired) electrons. The van der Waals surface area contributed by atoms with E-state index in [4.69, 9.17) is 0 Å². The zero-order valence-corrected chi connectivity index (χ0v) is 14.8. The summed E-state index contributed by atoms with van der Waals surface area (Å²) in [6.07, 6.45) is 4.81. The van der Waals surface area contributed by atoms with Crippen LogP contribution in [0.4, 0.5) is 0 Å². The number of fused-ring (bicyclic) bond motifs is 3. The highest BCUT2D eigenvalue weighted by Crippen LogP contribution is 2.31. The number of rotatable bonds is 2. The number of benzene rings is 2. The third kappa shape index (κ3) is 2.59. The molecule has 0 aliphatic heterocycles. The van der Waals surface area contributed by atoms with Crippen LogP contribution in [0.2, 0.25) is 0 Å². The van der Waals surface area contributed by atoms with E-state index >= 15 is 0 Å². The zero-order valence-electron chi connectivity index (χ0n) is 14.0. The molecule has 4 rings (SSSR count). The molecule has 0 spiro atoms. The predicted molar refractivity (Wildman–Crippen MR) is 97.6 cm³/mol. The summed E-state index contributed by atoms with van der Waals surface area (Å²) in [5.41, 5.74) is 3.38. The van der Waals surface area contributed by atoms with E-state index in [0.717, 1.165) is 41.3 Å². The van der Waals surface area contributed by atoms with E-state index in [-0.39, 0.29) is 10.7 Å². The smallest absolute Gasteiger partial charge is 0.268 e. The molecule has 1 aromatic heterocycles. The first-order chi connectivity index (χ1) is 12.0. The lowest BCUT2D eigenvalue weighted by atomic mass is 9.98. The van der Waals surface area contributed by atoms with Gasteiger partial charge in [0.2, 0.25) is 0 Å². The summed E-state index contributed by atoms with van der Waals surface area (Å²) in [5, 5.41) is 0.864. The maximum absolute atomic E-state index is 13.0. The third-order valence-corrected chi connectivity index (χ3v) is 6.61. The first-order valence-electron chi connectivity index (χ1n) is 8.47. The summed E-state index contributed by atoms with van der Waals surface area (Å²) in [6.45, 7) is 1.92. The summed E-state index contributed by atoms with van der Waals surface area (Å²) in [4.78, 5) is 12.5. The minimum absolute atomic E-state index is 0.156. The Balaban J connectivity index is 1.91. The molecule has 0 saturated heterocycles. The van der Waals surface area contributed by atoms with Gasteiger partial charge >= 0.3 is 0 Å². The maximum Gasteiger partial charge on any atom is 0.268 e. The molecule has 1 heterocycles.